The lowest BCUT2D eigenvalue weighted by molar-refractivity contribution is 0.677. The Morgan fingerprint density at radius 3 is 3.14 bits per heavy atom. The smallest absolute Gasteiger partial charge is 0.110 e. The third kappa shape index (κ3) is 1.25. The number of hydrogen-bond donors (Lipinski definition) is 2. The molecule has 0 bridgehead atoms. The first-order chi connectivity index (χ1) is 6.86. The number of fused-ring (bicyclic) bond motifs is 1. The number of hydrogen-bond acceptors (Lipinski definition) is 3. The van der Waals surface area contributed by atoms with E-state index in [-0.39, 0.29) is 6.04 Å². The minimum absolute atomic E-state index is 0.296. The molecule has 0 spiro atoms. The molecule has 0 aliphatic rings. The number of aromatic nitrogens is 2. The molecule has 2 heterocycles. The zero-order valence-corrected chi connectivity index (χ0v) is 7.51. The van der Waals surface area contributed by atoms with E-state index in [9.17, 15) is 0 Å². The van der Waals surface area contributed by atoms with Gasteiger partial charge in [0.25, 0.3) is 0 Å². The van der Waals surface area contributed by atoms with E-state index in [1.165, 1.54) is 0 Å². The zero-order valence-electron chi connectivity index (χ0n) is 7.51. The van der Waals surface area contributed by atoms with Gasteiger partial charge in [-0.25, -0.2) is 9.94 Å². The minimum atomic E-state index is -0.296. The first-order valence-corrected chi connectivity index (χ1v) is 4.21. The van der Waals surface area contributed by atoms with E-state index in [4.69, 9.17) is 12.3 Å². The van der Waals surface area contributed by atoms with Gasteiger partial charge >= 0.3 is 0 Å². The van der Waals surface area contributed by atoms with Crippen LogP contribution in [-0.2, 0) is 0 Å². The fraction of sp³-hybridized carbons (Fsp3) is 0.100. The average molecular weight is 186 g/mol. The molecule has 3 N–H and O–H groups in total. The van der Waals surface area contributed by atoms with Gasteiger partial charge in [0, 0.05) is 11.8 Å². The summed E-state index contributed by atoms with van der Waals surface area (Å²) in [7, 11) is 0. The molecule has 0 fully saturated rings. The molecule has 70 valence electrons. The number of rotatable bonds is 2. The molecule has 0 saturated carbocycles. The second kappa shape index (κ2) is 3.50. The molecule has 2 aromatic heterocycles. The highest BCUT2D eigenvalue weighted by molar-refractivity contribution is 5.56. The number of terminal acetylenes is 1. The summed E-state index contributed by atoms with van der Waals surface area (Å²) in [6, 6.07) is 5.49. The van der Waals surface area contributed by atoms with Crippen LogP contribution in [0.1, 0.15) is 11.6 Å². The number of pyridine rings is 1. The van der Waals surface area contributed by atoms with Crippen molar-refractivity contribution in [2.24, 2.45) is 5.84 Å². The van der Waals surface area contributed by atoms with Gasteiger partial charge in [-0.1, -0.05) is 12.0 Å². The molecule has 1 atom stereocenters. The van der Waals surface area contributed by atoms with Gasteiger partial charge in [-0.3, -0.25) is 5.84 Å². The van der Waals surface area contributed by atoms with Crippen molar-refractivity contribution in [1.82, 2.24) is 15.0 Å². The van der Waals surface area contributed by atoms with Gasteiger partial charge in [0.15, 0.2) is 0 Å². The number of nitrogens with zero attached hydrogens (tertiary/aromatic N) is 2. The van der Waals surface area contributed by atoms with Crippen molar-refractivity contribution in [2.75, 3.05) is 0 Å². The van der Waals surface area contributed by atoms with Gasteiger partial charge in [-0.15, -0.1) is 6.42 Å². The standard InChI is InChI=1S/C10H10N4/c1-2-9(13-11)8-7-12-14-6-4-3-5-10(8)14/h1,3-7,9,13H,11H2. The summed E-state index contributed by atoms with van der Waals surface area (Å²) < 4.78 is 1.76. The molecule has 2 rings (SSSR count). The molecule has 0 aromatic carbocycles. The van der Waals surface area contributed by atoms with Crippen LogP contribution in [0.4, 0.5) is 0 Å². The van der Waals surface area contributed by atoms with E-state index in [0.717, 1.165) is 11.1 Å². The maximum atomic E-state index is 5.34. The predicted molar refractivity (Wildman–Crippen MR) is 54.1 cm³/mol. The van der Waals surface area contributed by atoms with Gasteiger partial charge in [0.05, 0.1) is 11.7 Å². The molecular weight excluding hydrogens is 176 g/mol. The third-order valence-corrected chi connectivity index (χ3v) is 2.10. The Morgan fingerprint density at radius 1 is 1.57 bits per heavy atom. The van der Waals surface area contributed by atoms with E-state index in [0.29, 0.717) is 0 Å². The van der Waals surface area contributed by atoms with E-state index in [1.807, 2.05) is 24.4 Å². The van der Waals surface area contributed by atoms with E-state index in [1.54, 1.807) is 10.7 Å². The van der Waals surface area contributed by atoms with Gasteiger partial charge in [0.1, 0.15) is 6.04 Å². The van der Waals surface area contributed by atoms with E-state index < -0.39 is 0 Å². The SMILES string of the molecule is C#CC(NN)c1cnn2ccccc12. The third-order valence-electron chi connectivity index (χ3n) is 2.10. The van der Waals surface area contributed by atoms with Crippen molar-refractivity contribution in [3.05, 3.63) is 36.2 Å². The Hall–Kier alpha value is -1.83. The van der Waals surface area contributed by atoms with Crippen LogP contribution in [0.5, 0.6) is 0 Å². The van der Waals surface area contributed by atoms with Crippen molar-refractivity contribution >= 4 is 5.52 Å². The number of nitrogens with two attached hydrogens (primary N) is 1. The van der Waals surface area contributed by atoms with Crippen LogP contribution in [0, 0.1) is 12.3 Å². The molecule has 0 saturated heterocycles. The van der Waals surface area contributed by atoms with Crippen molar-refractivity contribution < 1.29 is 0 Å². The summed E-state index contributed by atoms with van der Waals surface area (Å²) in [5.41, 5.74) is 4.44. The van der Waals surface area contributed by atoms with Crippen molar-refractivity contribution in [3.8, 4) is 12.3 Å². The van der Waals surface area contributed by atoms with Crippen LogP contribution in [0.15, 0.2) is 30.6 Å². The molecule has 14 heavy (non-hydrogen) atoms. The molecule has 2 aromatic rings. The topological polar surface area (TPSA) is 55.3 Å². The highest BCUT2D eigenvalue weighted by atomic mass is 15.2. The fourth-order valence-electron chi connectivity index (χ4n) is 1.40. The van der Waals surface area contributed by atoms with E-state index >= 15 is 0 Å². The molecule has 0 aliphatic heterocycles. The highest BCUT2D eigenvalue weighted by Gasteiger charge is 2.11. The van der Waals surface area contributed by atoms with Gasteiger partial charge in [0.2, 0.25) is 0 Å². The van der Waals surface area contributed by atoms with Crippen LogP contribution < -0.4 is 11.3 Å². The Balaban J connectivity index is 2.59. The van der Waals surface area contributed by atoms with Crippen molar-refractivity contribution in [3.63, 3.8) is 0 Å². The summed E-state index contributed by atoms with van der Waals surface area (Å²) >= 11 is 0. The van der Waals surface area contributed by atoms with Crippen LogP contribution in [0.25, 0.3) is 5.52 Å². The minimum Gasteiger partial charge on any atom is -0.270 e. The quantitative estimate of drug-likeness (QED) is 0.407. The second-order valence-corrected chi connectivity index (χ2v) is 2.90. The number of hydrazine groups is 1. The van der Waals surface area contributed by atoms with Gasteiger partial charge in [-0.05, 0) is 12.1 Å². The maximum absolute atomic E-state index is 5.34. The molecule has 4 heteroatoms. The first-order valence-electron chi connectivity index (χ1n) is 4.21. The summed E-state index contributed by atoms with van der Waals surface area (Å²) in [4.78, 5) is 0. The molecule has 0 amide bonds. The second-order valence-electron chi connectivity index (χ2n) is 2.90. The molecule has 1 unspecified atom stereocenters. The average Bonchev–Trinajstić information content (AvgIpc) is 2.65. The largest absolute Gasteiger partial charge is 0.270 e. The fourth-order valence-corrected chi connectivity index (χ4v) is 1.40. The van der Waals surface area contributed by atoms with Gasteiger partial charge < -0.3 is 0 Å². The monoisotopic (exact) mass is 186 g/mol. The Bertz CT molecular complexity index is 480. The Kier molecular flexibility index (Phi) is 2.19. The van der Waals surface area contributed by atoms with Crippen molar-refractivity contribution in [2.45, 2.75) is 6.04 Å². The molecular formula is C10H10N4. The lowest BCUT2D eigenvalue weighted by Gasteiger charge is -2.06. The lowest BCUT2D eigenvalue weighted by atomic mass is 10.1. The summed E-state index contributed by atoms with van der Waals surface area (Å²) in [5.74, 6) is 7.89. The molecule has 0 aliphatic carbocycles. The maximum Gasteiger partial charge on any atom is 0.110 e. The van der Waals surface area contributed by atoms with E-state index in [2.05, 4.69) is 16.4 Å². The molecule has 0 radical (unpaired) electrons. The Labute approximate surface area is 81.7 Å². The molecule has 4 nitrogen and oxygen atoms in total. The summed E-state index contributed by atoms with van der Waals surface area (Å²) in [6.45, 7) is 0. The van der Waals surface area contributed by atoms with Crippen LogP contribution in [0.2, 0.25) is 0 Å². The lowest BCUT2D eigenvalue weighted by Crippen LogP contribution is -2.26. The Morgan fingerprint density at radius 2 is 2.43 bits per heavy atom. The first kappa shape index (κ1) is 8.75. The van der Waals surface area contributed by atoms with Crippen LogP contribution in [0.3, 0.4) is 0 Å². The highest BCUT2D eigenvalue weighted by Crippen LogP contribution is 2.17. The normalized spacial score (nSPS) is 12.6. The van der Waals surface area contributed by atoms with Crippen LogP contribution >= 0.6 is 0 Å². The predicted octanol–water partition coefficient (Wildman–Crippen LogP) is 0.472. The van der Waals surface area contributed by atoms with Gasteiger partial charge in [-0.2, -0.15) is 5.10 Å². The zero-order chi connectivity index (χ0) is 9.97. The summed E-state index contributed by atoms with van der Waals surface area (Å²) in [5, 5.41) is 4.16. The number of nitrogens with one attached hydrogen (secondary N) is 1. The summed E-state index contributed by atoms with van der Waals surface area (Å²) in [6.07, 6.45) is 8.92. The van der Waals surface area contributed by atoms with Crippen molar-refractivity contribution in [1.29, 1.82) is 0 Å². The van der Waals surface area contributed by atoms with Crippen LogP contribution in [-0.4, -0.2) is 9.61 Å².